The molecule has 3 unspecified atom stereocenters. The van der Waals surface area contributed by atoms with Crippen molar-refractivity contribution < 1.29 is 9.13 Å². The first kappa shape index (κ1) is 21.8. The third-order valence-electron chi connectivity index (χ3n) is 5.92. The summed E-state index contributed by atoms with van der Waals surface area (Å²) in [7, 11) is 0. The smallest absolute Gasteiger partial charge is 0.194 e. The second-order valence-corrected chi connectivity index (χ2v) is 7.93. The summed E-state index contributed by atoms with van der Waals surface area (Å²) in [5, 5.41) is 3.61. The topological polar surface area (TPSA) is 40.1 Å². The van der Waals surface area contributed by atoms with Crippen LogP contribution in [0, 0.1) is 11.7 Å². The number of nitrogens with one attached hydrogen (secondary N) is 1. The summed E-state index contributed by atoms with van der Waals surface area (Å²) >= 11 is 0. The van der Waals surface area contributed by atoms with Gasteiger partial charge in [-0.05, 0) is 37.3 Å². The zero-order valence-corrected chi connectivity index (χ0v) is 19.0. The molecule has 1 aromatic rings. The largest absolute Gasteiger partial charge is 0.379 e. The van der Waals surface area contributed by atoms with E-state index < -0.39 is 0 Å². The summed E-state index contributed by atoms with van der Waals surface area (Å²) in [6.45, 7) is 9.93. The number of halogens is 2. The molecule has 28 heavy (non-hydrogen) atoms. The van der Waals surface area contributed by atoms with Crippen molar-refractivity contribution in [2.45, 2.75) is 31.7 Å². The molecule has 0 bridgehead atoms. The van der Waals surface area contributed by atoms with E-state index in [1.807, 2.05) is 12.1 Å². The van der Waals surface area contributed by atoms with E-state index in [-0.39, 0.29) is 35.7 Å². The highest BCUT2D eigenvalue weighted by Gasteiger charge is 2.41. The molecule has 1 saturated carbocycles. The van der Waals surface area contributed by atoms with Crippen LogP contribution in [0.25, 0.3) is 0 Å². The third-order valence-corrected chi connectivity index (χ3v) is 5.92. The van der Waals surface area contributed by atoms with Gasteiger partial charge in [-0.3, -0.25) is 9.89 Å². The Morgan fingerprint density at radius 1 is 1.25 bits per heavy atom. The molecular formula is C21H32FIN4O. The lowest BCUT2D eigenvalue weighted by Crippen LogP contribution is -2.43. The fourth-order valence-corrected chi connectivity index (χ4v) is 4.35. The monoisotopic (exact) mass is 502 g/mol. The number of rotatable bonds is 5. The van der Waals surface area contributed by atoms with Crippen LogP contribution in [0.4, 0.5) is 4.39 Å². The number of aliphatic imine (C=N–C) groups is 1. The van der Waals surface area contributed by atoms with Crippen LogP contribution in [0.3, 0.4) is 0 Å². The average Bonchev–Trinajstić information content (AvgIpc) is 3.29. The van der Waals surface area contributed by atoms with Crippen molar-refractivity contribution in [1.29, 1.82) is 0 Å². The van der Waals surface area contributed by atoms with Crippen LogP contribution in [0.2, 0.25) is 0 Å². The number of benzene rings is 1. The van der Waals surface area contributed by atoms with Gasteiger partial charge in [-0.15, -0.1) is 24.0 Å². The number of hydrogen-bond donors (Lipinski definition) is 1. The zero-order valence-electron chi connectivity index (χ0n) is 16.6. The molecule has 2 aliphatic heterocycles. The Morgan fingerprint density at radius 3 is 2.79 bits per heavy atom. The molecule has 1 aliphatic carbocycles. The maximum Gasteiger partial charge on any atom is 0.194 e. The van der Waals surface area contributed by atoms with Crippen LogP contribution >= 0.6 is 24.0 Å². The highest BCUT2D eigenvalue weighted by atomic mass is 127. The van der Waals surface area contributed by atoms with E-state index in [0.29, 0.717) is 12.0 Å². The van der Waals surface area contributed by atoms with E-state index in [1.165, 1.54) is 6.42 Å². The molecule has 7 heteroatoms. The molecule has 2 heterocycles. The molecule has 5 nitrogen and oxygen atoms in total. The maximum atomic E-state index is 14.0. The number of nitrogens with zero attached hydrogens (tertiary/aromatic N) is 3. The van der Waals surface area contributed by atoms with Crippen molar-refractivity contribution in [2.24, 2.45) is 10.9 Å². The number of hydrogen-bond acceptors (Lipinski definition) is 3. The Kier molecular flexibility index (Phi) is 7.93. The second kappa shape index (κ2) is 10.2. The first-order valence-corrected chi connectivity index (χ1v) is 10.3. The van der Waals surface area contributed by atoms with Gasteiger partial charge in [0.2, 0.25) is 0 Å². The van der Waals surface area contributed by atoms with Crippen molar-refractivity contribution in [1.82, 2.24) is 15.1 Å². The van der Waals surface area contributed by atoms with Crippen LogP contribution in [-0.2, 0) is 4.74 Å². The molecule has 0 aromatic heterocycles. The Labute approximate surface area is 184 Å². The minimum atomic E-state index is -0.0903. The predicted molar refractivity (Wildman–Crippen MR) is 121 cm³/mol. The summed E-state index contributed by atoms with van der Waals surface area (Å²) in [5.41, 5.74) is 0.831. The molecule has 3 atom stereocenters. The van der Waals surface area contributed by atoms with Gasteiger partial charge in [-0.25, -0.2) is 4.39 Å². The molecular weight excluding hydrogens is 470 g/mol. The molecule has 4 rings (SSSR count). The van der Waals surface area contributed by atoms with E-state index >= 15 is 0 Å². The van der Waals surface area contributed by atoms with Crippen molar-refractivity contribution in [3.8, 4) is 0 Å². The number of ether oxygens (including phenoxy) is 1. The number of guanidine groups is 1. The summed E-state index contributed by atoms with van der Waals surface area (Å²) in [5.74, 6) is 1.87. The van der Waals surface area contributed by atoms with Crippen molar-refractivity contribution in [3.63, 3.8) is 0 Å². The summed E-state index contributed by atoms with van der Waals surface area (Å²) in [4.78, 5) is 9.64. The highest BCUT2D eigenvalue weighted by molar-refractivity contribution is 14.0. The van der Waals surface area contributed by atoms with Crippen LogP contribution < -0.4 is 5.32 Å². The van der Waals surface area contributed by atoms with E-state index in [0.717, 1.165) is 70.4 Å². The van der Waals surface area contributed by atoms with Crippen LogP contribution in [0.1, 0.15) is 31.2 Å². The van der Waals surface area contributed by atoms with Crippen LogP contribution in [0.5, 0.6) is 0 Å². The van der Waals surface area contributed by atoms with Gasteiger partial charge < -0.3 is 15.0 Å². The SMILES string of the molecule is CCN=C(NC1CC1c1ccccc1F)N1CCC(CN2CCOCC2)C1.I. The fourth-order valence-electron chi connectivity index (χ4n) is 4.35. The van der Waals surface area contributed by atoms with Crippen LogP contribution in [-0.4, -0.2) is 74.3 Å². The first-order chi connectivity index (χ1) is 13.2. The molecule has 1 N–H and O–H groups in total. The minimum Gasteiger partial charge on any atom is -0.379 e. The summed E-state index contributed by atoms with van der Waals surface area (Å²) in [6.07, 6.45) is 2.19. The van der Waals surface area contributed by atoms with Crippen molar-refractivity contribution in [3.05, 3.63) is 35.6 Å². The highest BCUT2D eigenvalue weighted by Crippen LogP contribution is 2.42. The third kappa shape index (κ3) is 5.36. The van der Waals surface area contributed by atoms with E-state index in [2.05, 4.69) is 22.0 Å². The van der Waals surface area contributed by atoms with Gasteiger partial charge in [0.25, 0.3) is 0 Å². The molecule has 0 amide bonds. The molecule has 0 radical (unpaired) electrons. The Morgan fingerprint density at radius 2 is 2.04 bits per heavy atom. The Balaban J connectivity index is 0.00000225. The normalized spacial score (nSPS) is 28.1. The zero-order chi connectivity index (χ0) is 18.6. The molecule has 156 valence electrons. The van der Waals surface area contributed by atoms with Gasteiger partial charge in [-0.2, -0.15) is 0 Å². The maximum absolute atomic E-state index is 14.0. The Hall–Kier alpha value is -0.930. The standard InChI is InChI=1S/C21H31FN4O.HI/c1-2-23-21(24-20-13-18(20)17-5-3-4-6-19(17)22)26-8-7-16(15-26)14-25-9-11-27-12-10-25;/h3-6,16,18,20H,2,7-15H2,1H3,(H,23,24);1H. The van der Waals surface area contributed by atoms with Crippen molar-refractivity contribution >= 4 is 29.9 Å². The van der Waals surface area contributed by atoms with Gasteiger partial charge in [-0.1, -0.05) is 18.2 Å². The van der Waals surface area contributed by atoms with Crippen molar-refractivity contribution in [2.75, 3.05) is 52.5 Å². The number of likely N-dealkylation sites (tertiary alicyclic amines) is 1. The first-order valence-electron chi connectivity index (χ1n) is 10.3. The van der Waals surface area contributed by atoms with Gasteiger partial charge in [0, 0.05) is 51.2 Å². The second-order valence-electron chi connectivity index (χ2n) is 7.93. The minimum absolute atomic E-state index is 0. The van der Waals surface area contributed by atoms with Gasteiger partial charge >= 0.3 is 0 Å². The predicted octanol–water partition coefficient (Wildman–Crippen LogP) is 2.92. The van der Waals surface area contributed by atoms with Gasteiger partial charge in [0.1, 0.15) is 5.82 Å². The lowest BCUT2D eigenvalue weighted by atomic mass is 10.1. The van der Waals surface area contributed by atoms with Crippen LogP contribution in [0.15, 0.2) is 29.3 Å². The summed E-state index contributed by atoms with van der Waals surface area (Å²) < 4.78 is 19.5. The molecule has 3 aliphatic rings. The van der Waals surface area contributed by atoms with E-state index in [1.54, 1.807) is 12.1 Å². The van der Waals surface area contributed by atoms with Gasteiger partial charge in [0.05, 0.1) is 13.2 Å². The lowest BCUT2D eigenvalue weighted by Gasteiger charge is -2.29. The Bertz CT molecular complexity index is 668. The average molecular weight is 502 g/mol. The molecule has 1 aromatic carbocycles. The quantitative estimate of drug-likeness (QED) is 0.382. The number of morpholine rings is 1. The van der Waals surface area contributed by atoms with Gasteiger partial charge in [0.15, 0.2) is 5.96 Å². The van der Waals surface area contributed by atoms with E-state index in [4.69, 9.17) is 9.73 Å². The fraction of sp³-hybridized carbons (Fsp3) is 0.667. The molecule has 0 spiro atoms. The molecule has 3 fully saturated rings. The summed E-state index contributed by atoms with van der Waals surface area (Å²) in [6, 6.07) is 7.44. The lowest BCUT2D eigenvalue weighted by molar-refractivity contribution is 0.0315. The van der Waals surface area contributed by atoms with E-state index in [9.17, 15) is 4.39 Å². The molecule has 2 saturated heterocycles.